The Morgan fingerprint density at radius 3 is 2.70 bits per heavy atom. The third-order valence-corrected chi connectivity index (χ3v) is 4.76. The topological polar surface area (TPSA) is 103 Å². The lowest BCUT2D eigenvalue weighted by molar-refractivity contribution is 0.102. The highest BCUT2D eigenvalue weighted by Crippen LogP contribution is 2.24. The Labute approximate surface area is 169 Å². The fourth-order valence-electron chi connectivity index (χ4n) is 3.35. The molecule has 148 valence electrons. The number of benzene rings is 1. The van der Waals surface area contributed by atoms with Gasteiger partial charge >= 0.3 is 0 Å². The number of para-hydroxylation sites is 1. The number of amides is 1. The summed E-state index contributed by atoms with van der Waals surface area (Å²) in [6, 6.07) is 7.92. The maximum absolute atomic E-state index is 14.3. The van der Waals surface area contributed by atoms with Crippen molar-refractivity contribution in [1.82, 2.24) is 34.5 Å². The zero-order valence-corrected chi connectivity index (χ0v) is 16.0. The van der Waals surface area contributed by atoms with Crippen LogP contribution in [0.3, 0.4) is 0 Å². The first kappa shape index (κ1) is 17.9. The van der Waals surface area contributed by atoms with Gasteiger partial charge in [-0.15, -0.1) is 0 Å². The van der Waals surface area contributed by atoms with Crippen molar-refractivity contribution in [2.75, 3.05) is 5.32 Å². The van der Waals surface area contributed by atoms with Crippen LogP contribution in [0.4, 0.5) is 10.2 Å². The van der Waals surface area contributed by atoms with Gasteiger partial charge in [0.25, 0.3) is 5.91 Å². The van der Waals surface area contributed by atoms with Crippen LogP contribution in [-0.4, -0.2) is 40.4 Å². The molecule has 5 rings (SSSR count). The normalized spacial score (nSPS) is 11.3. The highest BCUT2D eigenvalue weighted by atomic mass is 19.1. The summed E-state index contributed by atoms with van der Waals surface area (Å²) in [5.74, 6) is -0.471. The molecule has 0 atom stereocenters. The summed E-state index contributed by atoms with van der Waals surface area (Å²) in [6.45, 7) is 1.76. The minimum atomic E-state index is -0.434. The number of carbonyl (C=O) groups excluding carboxylic acids is 1. The summed E-state index contributed by atoms with van der Waals surface area (Å²) in [5.41, 5.74) is 2.20. The number of hydrogen-bond donors (Lipinski definition) is 1. The molecule has 0 saturated heterocycles. The van der Waals surface area contributed by atoms with Crippen LogP contribution >= 0.6 is 0 Å². The molecule has 0 spiro atoms. The predicted octanol–water partition coefficient (Wildman–Crippen LogP) is 2.80. The van der Waals surface area contributed by atoms with E-state index in [0.717, 1.165) is 0 Å². The summed E-state index contributed by atoms with van der Waals surface area (Å²) < 4.78 is 17.3. The molecule has 0 aliphatic rings. The monoisotopic (exact) mass is 402 g/mol. The van der Waals surface area contributed by atoms with Crippen molar-refractivity contribution in [1.29, 1.82) is 0 Å². The third kappa shape index (κ3) is 2.77. The zero-order valence-electron chi connectivity index (χ0n) is 16.0. The van der Waals surface area contributed by atoms with Gasteiger partial charge in [0.15, 0.2) is 11.3 Å². The van der Waals surface area contributed by atoms with E-state index >= 15 is 0 Å². The molecule has 0 saturated carbocycles. The first-order chi connectivity index (χ1) is 14.5. The Kier molecular flexibility index (Phi) is 3.98. The molecule has 10 heteroatoms. The van der Waals surface area contributed by atoms with Crippen LogP contribution in [0.15, 0.2) is 49.1 Å². The Morgan fingerprint density at radius 2 is 1.87 bits per heavy atom. The molecule has 4 aromatic heterocycles. The van der Waals surface area contributed by atoms with Crippen molar-refractivity contribution in [2.45, 2.75) is 6.92 Å². The maximum atomic E-state index is 14.3. The van der Waals surface area contributed by atoms with Crippen LogP contribution in [0.25, 0.3) is 27.8 Å². The first-order valence-corrected chi connectivity index (χ1v) is 9.07. The summed E-state index contributed by atoms with van der Waals surface area (Å²) in [7, 11) is 1.76. The zero-order chi connectivity index (χ0) is 20.8. The quantitative estimate of drug-likeness (QED) is 0.498. The largest absolute Gasteiger partial charge is 0.306 e. The summed E-state index contributed by atoms with van der Waals surface area (Å²) in [4.78, 5) is 25.9. The van der Waals surface area contributed by atoms with E-state index < -0.39 is 5.82 Å². The molecule has 0 radical (unpaired) electrons. The number of aromatic nitrogens is 7. The van der Waals surface area contributed by atoms with Crippen molar-refractivity contribution in [3.63, 3.8) is 0 Å². The maximum Gasteiger partial charge on any atom is 0.257 e. The van der Waals surface area contributed by atoms with Crippen molar-refractivity contribution in [3.05, 3.63) is 66.1 Å². The summed E-state index contributed by atoms with van der Waals surface area (Å²) in [6.07, 6.45) is 4.46. The molecule has 4 heterocycles. The van der Waals surface area contributed by atoms with Gasteiger partial charge in [0.05, 0.1) is 28.7 Å². The Balaban J connectivity index is 1.60. The molecule has 0 aliphatic heterocycles. The third-order valence-electron chi connectivity index (χ3n) is 4.76. The van der Waals surface area contributed by atoms with Crippen LogP contribution < -0.4 is 5.32 Å². The highest BCUT2D eigenvalue weighted by molar-refractivity contribution is 6.13. The highest BCUT2D eigenvalue weighted by Gasteiger charge is 2.19. The lowest BCUT2D eigenvalue weighted by Gasteiger charge is -2.08. The van der Waals surface area contributed by atoms with E-state index in [9.17, 15) is 9.18 Å². The predicted molar refractivity (Wildman–Crippen MR) is 108 cm³/mol. The number of carbonyl (C=O) groups is 1. The second-order valence-electron chi connectivity index (χ2n) is 6.74. The molecule has 1 aromatic carbocycles. The van der Waals surface area contributed by atoms with Crippen molar-refractivity contribution < 1.29 is 9.18 Å². The molecule has 0 unspecified atom stereocenters. The van der Waals surface area contributed by atoms with Gasteiger partial charge in [-0.05, 0) is 25.1 Å². The molecule has 5 aromatic rings. The number of hydrogen-bond acceptors (Lipinski definition) is 6. The number of halogens is 1. The van der Waals surface area contributed by atoms with Gasteiger partial charge in [-0.25, -0.2) is 24.0 Å². The first-order valence-electron chi connectivity index (χ1n) is 9.07. The Bertz CT molecular complexity index is 1440. The van der Waals surface area contributed by atoms with E-state index in [2.05, 4.69) is 30.5 Å². The van der Waals surface area contributed by atoms with Gasteiger partial charge in [-0.2, -0.15) is 10.2 Å². The van der Waals surface area contributed by atoms with Crippen molar-refractivity contribution in [2.24, 2.45) is 7.05 Å². The lowest BCUT2D eigenvalue weighted by atomic mass is 10.1. The lowest BCUT2D eigenvalue weighted by Crippen LogP contribution is -2.14. The molecule has 1 amide bonds. The van der Waals surface area contributed by atoms with E-state index in [-0.39, 0.29) is 11.6 Å². The fourth-order valence-corrected chi connectivity index (χ4v) is 3.35. The van der Waals surface area contributed by atoms with Gasteiger partial charge in [-0.3, -0.25) is 9.48 Å². The Hall–Kier alpha value is -4.21. The molecule has 0 fully saturated rings. The van der Waals surface area contributed by atoms with E-state index in [1.54, 1.807) is 49.1 Å². The summed E-state index contributed by atoms with van der Waals surface area (Å²) >= 11 is 0. The molecule has 1 N–H and O–H groups in total. The number of nitrogens with one attached hydrogen (secondary N) is 1. The van der Waals surface area contributed by atoms with Crippen molar-refractivity contribution in [3.8, 4) is 5.69 Å². The number of aryl methyl sites for hydroxylation is 2. The minimum absolute atomic E-state index is 0.254. The molecule has 9 nitrogen and oxygen atoms in total. The standard InChI is InChI=1S/C20H15FN8O/c1-11-7-12(20(30)27-17-14-9-24-28(2)18(14)23-10-22-17)13-8-25-29(19(13)26-11)16-6-4-3-5-15(16)21/h3-10H,1-2H3,(H,22,23,27,30). The van der Waals surface area contributed by atoms with Gasteiger partial charge < -0.3 is 5.32 Å². The van der Waals surface area contributed by atoms with Gasteiger partial charge in [0, 0.05) is 12.7 Å². The second kappa shape index (κ2) is 6.69. The van der Waals surface area contributed by atoms with Crippen LogP contribution in [0, 0.1) is 12.7 Å². The SMILES string of the molecule is Cc1cc(C(=O)Nc2ncnc3c2cnn3C)c2cnn(-c3ccccc3F)c2n1. The van der Waals surface area contributed by atoms with Crippen molar-refractivity contribution >= 4 is 33.8 Å². The minimum Gasteiger partial charge on any atom is -0.306 e. The van der Waals surface area contributed by atoms with E-state index in [1.807, 2.05) is 0 Å². The Morgan fingerprint density at radius 1 is 1.07 bits per heavy atom. The molecule has 0 bridgehead atoms. The number of fused-ring (bicyclic) bond motifs is 2. The average Bonchev–Trinajstić information content (AvgIpc) is 3.32. The molecular weight excluding hydrogens is 387 g/mol. The van der Waals surface area contributed by atoms with Crippen LogP contribution in [0.2, 0.25) is 0 Å². The van der Waals surface area contributed by atoms with Crippen LogP contribution in [0.5, 0.6) is 0 Å². The molecule has 0 aliphatic carbocycles. The number of pyridine rings is 1. The average molecular weight is 402 g/mol. The van der Waals surface area contributed by atoms with Crippen LogP contribution in [0.1, 0.15) is 16.1 Å². The smallest absolute Gasteiger partial charge is 0.257 e. The van der Waals surface area contributed by atoms with Crippen LogP contribution in [-0.2, 0) is 7.05 Å². The number of anilines is 1. The number of nitrogens with zero attached hydrogens (tertiary/aromatic N) is 7. The van der Waals surface area contributed by atoms with E-state index in [0.29, 0.717) is 39.1 Å². The van der Waals surface area contributed by atoms with E-state index in [4.69, 9.17) is 0 Å². The van der Waals surface area contributed by atoms with E-state index in [1.165, 1.54) is 23.3 Å². The second-order valence-corrected chi connectivity index (χ2v) is 6.74. The van der Waals surface area contributed by atoms with Gasteiger partial charge in [0.1, 0.15) is 23.6 Å². The molecule has 30 heavy (non-hydrogen) atoms. The van der Waals surface area contributed by atoms with Gasteiger partial charge in [0.2, 0.25) is 0 Å². The number of rotatable bonds is 3. The fraction of sp³-hybridized carbons (Fsp3) is 0.100. The van der Waals surface area contributed by atoms with Gasteiger partial charge in [-0.1, -0.05) is 12.1 Å². The molecular formula is C20H15FN8O. The summed E-state index contributed by atoms with van der Waals surface area (Å²) in [5, 5.41) is 12.3.